The molecule has 0 aliphatic carbocycles. The quantitative estimate of drug-likeness (QED) is 0.701. The van der Waals surface area contributed by atoms with E-state index in [1.807, 2.05) is 12.1 Å². The average molecular weight is 215 g/mol. The first-order valence-electron chi connectivity index (χ1n) is 4.94. The van der Waals surface area contributed by atoms with Crippen molar-refractivity contribution in [1.29, 1.82) is 0 Å². The van der Waals surface area contributed by atoms with Crippen molar-refractivity contribution < 1.29 is 9.53 Å². The van der Waals surface area contributed by atoms with Crippen LogP contribution in [0.3, 0.4) is 0 Å². The van der Waals surface area contributed by atoms with E-state index in [9.17, 15) is 4.79 Å². The molecule has 0 unspecified atom stereocenters. The van der Waals surface area contributed by atoms with Crippen LogP contribution in [0.5, 0.6) is 0 Å². The van der Waals surface area contributed by atoms with Crippen LogP contribution < -0.4 is 0 Å². The zero-order valence-corrected chi connectivity index (χ0v) is 8.46. The second-order valence-corrected chi connectivity index (χ2v) is 3.66. The van der Waals surface area contributed by atoms with Crippen molar-refractivity contribution in [3.63, 3.8) is 0 Å². The van der Waals surface area contributed by atoms with Crippen molar-refractivity contribution in [3.05, 3.63) is 47.5 Å². The lowest BCUT2D eigenvalue weighted by atomic mass is 10.1. The van der Waals surface area contributed by atoms with E-state index in [4.69, 9.17) is 4.74 Å². The van der Waals surface area contributed by atoms with Crippen molar-refractivity contribution >= 4 is 5.97 Å². The SMILES string of the molecule is O=C1OCc2cc(Cn3cncn3)ccc21. The smallest absolute Gasteiger partial charge is 0.338 e. The Hall–Kier alpha value is -2.17. The Labute approximate surface area is 91.7 Å². The van der Waals surface area contributed by atoms with Crippen LogP contribution >= 0.6 is 0 Å². The van der Waals surface area contributed by atoms with Gasteiger partial charge >= 0.3 is 5.97 Å². The number of benzene rings is 1. The van der Waals surface area contributed by atoms with Crippen LogP contribution in [0.15, 0.2) is 30.9 Å². The van der Waals surface area contributed by atoms with Gasteiger partial charge < -0.3 is 4.74 Å². The molecule has 0 radical (unpaired) electrons. The lowest BCUT2D eigenvalue weighted by molar-refractivity contribution is 0.0535. The fourth-order valence-corrected chi connectivity index (χ4v) is 1.79. The molecule has 16 heavy (non-hydrogen) atoms. The highest BCUT2D eigenvalue weighted by Crippen LogP contribution is 2.21. The van der Waals surface area contributed by atoms with Crippen LogP contribution in [0.1, 0.15) is 21.5 Å². The highest BCUT2D eigenvalue weighted by Gasteiger charge is 2.20. The van der Waals surface area contributed by atoms with E-state index in [-0.39, 0.29) is 5.97 Å². The molecule has 0 bridgehead atoms. The number of rotatable bonds is 2. The number of esters is 1. The number of carbonyl (C=O) groups excluding carboxylic acids is 1. The summed E-state index contributed by atoms with van der Waals surface area (Å²) < 4.78 is 6.68. The van der Waals surface area contributed by atoms with Crippen LogP contribution in [-0.2, 0) is 17.9 Å². The van der Waals surface area contributed by atoms with E-state index in [1.54, 1.807) is 17.1 Å². The van der Waals surface area contributed by atoms with Crippen LogP contribution in [0, 0.1) is 0 Å². The monoisotopic (exact) mass is 215 g/mol. The Morgan fingerprint density at radius 2 is 2.38 bits per heavy atom. The van der Waals surface area contributed by atoms with Crippen LogP contribution in [0.2, 0.25) is 0 Å². The Bertz CT molecular complexity index is 534. The average Bonchev–Trinajstić information content (AvgIpc) is 2.90. The first-order valence-corrected chi connectivity index (χ1v) is 4.94. The number of hydrogen-bond acceptors (Lipinski definition) is 4. The van der Waals surface area contributed by atoms with E-state index in [1.165, 1.54) is 6.33 Å². The summed E-state index contributed by atoms with van der Waals surface area (Å²) in [4.78, 5) is 15.1. The Morgan fingerprint density at radius 1 is 1.44 bits per heavy atom. The Morgan fingerprint density at radius 3 is 3.19 bits per heavy atom. The maximum Gasteiger partial charge on any atom is 0.338 e. The molecule has 1 aliphatic heterocycles. The third-order valence-electron chi connectivity index (χ3n) is 2.56. The molecule has 2 aromatic rings. The van der Waals surface area contributed by atoms with Gasteiger partial charge in [-0.3, -0.25) is 0 Å². The minimum atomic E-state index is -0.234. The van der Waals surface area contributed by atoms with Gasteiger partial charge in [-0.1, -0.05) is 6.07 Å². The molecule has 0 atom stereocenters. The third kappa shape index (κ3) is 1.46. The molecule has 2 heterocycles. The molecule has 0 saturated carbocycles. The van der Waals surface area contributed by atoms with Gasteiger partial charge in [0.05, 0.1) is 12.1 Å². The lowest BCUT2D eigenvalue weighted by Crippen LogP contribution is -2.01. The fraction of sp³-hybridized carbons (Fsp3) is 0.182. The van der Waals surface area contributed by atoms with Gasteiger partial charge in [-0.15, -0.1) is 0 Å². The molecule has 0 spiro atoms. The molecule has 3 rings (SSSR count). The first kappa shape index (κ1) is 9.08. The number of fused-ring (bicyclic) bond motifs is 1. The molecule has 0 fully saturated rings. The molecule has 0 N–H and O–H groups in total. The van der Waals surface area contributed by atoms with Crippen molar-refractivity contribution in [2.75, 3.05) is 0 Å². The number of ether oxygens (including phenoxy) is 1. The number of aromatic nitrogens is 3. The normalized spacial score (nSPS) is 13.6. The van der Waals surface area contributed by atoms with E-state index in [2.05, 4.69) is 10.1 Å². The molecule has 1 aromatic carbocycles. The molecule has 5 heteroatoms. The number of cyclic esters (lactones) is 1. The minimum absolute atomic E-state index is 0.234. The molecule has 1 aromatic heterocycles. The van der Waals surface area contributed by atoms with Gasteiger partial charge in [-0.25, -0.2) is 14.5 Å². The molecule has 1 aliphatic rings. The Kier molecular flexibility index (Phi) is 1.96. The van der Waals surface area contributed by atoms with Crippen LogP contribution in [0.4, 0.5) is 0 Å². The zero-order chi connectivity index (χ0) is 11.0. The van der Waals surface area contributed by atoms with Gasteiger partial charge in [0, 0.05) is 5.56 Å². The van der Waals surface area contributed by atoms with E-state index < -0.39 is 0 Å². The molecule has 5 nitrogen and oxygen atoms in total. The maximum absolute atomic E-state index is 11.2. The Balaban J connectivity index is 1.90. The van der Waals surface area contributed by atoms with E-state index >= 15 is 0 Å². The summed E-state index contributed by atoms with van der Waals surface area (Å²) in [6, 6.07) is 5.69. The number of nitrogens with zero attached hydrogens (tertiary/aromatic N) is 3. The molecule has 0 saturated heterocycles. The summed E-state index contributed by atoms with van der Waals surface area (Å²) >= 11 is 0. The van der Waals surface area contributed by atoms with Crippen LogP contribution in [0.25, 0.3) is 0 Å². The van der Waals surface area contributed by atoms with Crippen molar-refractivity contribution in [2.45, 2.75) is 13.2 Å². The maximum atomic E-state index is 11.2. The van der Waals surface area contributed by atoms with Gasteiger partial charge in [0.1, 0.15) is 19.3 Å². The lowest BCUT2D eigenvalue weighted by Gasteiger charge is -2.02. The van der Waals surface area contributed by atoms with Gasteiger partial charge in [0.15, 0.2) is 0 Å². The molecular weight excluding hydrogens is 206 g/mol. The standard InChI is InChI=1S/C11H9N3O2/c15-11-10-2-1-8(3-9(10)5-16-11)4-14-7-12-6-13-14/h1-3,6-7H,4-5H2. The van der Waals surface area contributed by atoms with Crippen molar-refractivity contribution in [2.24, 2.45) is 0 Å². The predicted octanol–water partition coefficient (Wildman–Crippen LogP) is 0.997. The number of hydrogen-bond donors (Lipinski definition) is 0. The van der Waals surface area contributed by atoms with Gasteiger partial charge in [0.25, 0.3) is 0 Å². The summed E-state index contributed by atoms with van der Waals surface area (Å²) in [5.74, 6) is -0.234. The zero-order valence-electron chi connectivity index (χ0n) is 8.46. The van der Waals surface area contributed by atoms with Crippen LogP contribution in [-0.4, -0.2) is 20.7 Å². The van der Waals surface area contributed by atoms with Gasteiger partial charge in [0.2, 0.25) is 0 Å². The summed E-state index contributed by atoms with van der Waals surface area (Å²) in [5.41, 5.74) is 2.70. The second-order valence-electron chi connectivity index (χ2n) is 3.66. The highest BCUT2D eigenvalue weighted by atomic mass is 16.5. The topological polar surface area (TPSA) is 57.0 Å². The predicted molar refractivity (Wildman–Crippen MR) is 54.7 cm³/mol. The van der Waals surface area contributed by atoms with Gasteiger partial charge in [-0.2, -0.15) is 5.10 Å². The first-order chi connectivity index (χ1) is 7.83. The largest absolute Gasteiger partial charge is 0.457 e. The van der Waals surface area contributed by atoms with E-state index in [0.29, 0.717) is 18.7 Å². The highest BCUT2D eigenvalue weighted by molar-refractivity contribution is 5.93. The fourth-order valence-electron chi connectivity index (χ4n) is 1.79. The molecular formula is C11H9N3O2. The molecule has 0 amide bonds. The third-order valence-corrected chi connectivity index (χ3v) is 2.56. The summed E-state index contributed by atoms with van der Waals surface area (Å²) in [7, 11) is 0. The summed E-state index contributed by atoms with van der Waals surface area (Å²) in [6.45, 7) is 1.03. The van der Waals surface area contributed by atoms with Crippen molar-refractivity contribution in [3.8, 4) is 0 Å². The van der Waals surface area contributed by atoms with Gasteiger partial charge in [-0.05, 0) is 17.7 Å². The summed E-state index contributed by atoms with van der Waals surface area (Å²) in [5, 5.41) is 4.03. The van der Waals surface area contributed by atoms with E-state index in [0.717, 1.165) is 11.1 Å². The van der Waals surface area contributed by atoms with Crippen molar-refractivity contribution in [1.82, 2.24) is 14.8 Å². The summed E-state index contributed by atoms with van der Waals surface area (Å²) in [6.07, 6.45) is 3.16. The molecule has 80 valence electrons. The minimum Gasteiger partial charge on any atom is -0.457 e. The number of carbonyl (C=O) groups is 1. The second kappa shape index (κ2) is 3.44.